The van der Waals surface area contributed by atoms with Gasteiger partial charge in [-0.3, -0.25) is 15.0 Å². The first-order valence-electron chi connectivity index (χ1n) is 9.14. The largest absolute Gasteiger partial charge is 0.489 e. The van der Waals surface area contributed by atoms with Gasteiger partial charge in [-0.2, -0.15) is 4.31 Å². The van der Waals surface area contributed by atoms with Gasteiger partial charge in [0.2, 0.25) is 10.0 Å². The Bertz CT molecular complexity index is 991. The van der Waals surface area contributed by atoms with E-state index in [-0.39, 0.29) is 36.0 Å². The van der Waals surface area contributed by atoms with E-state index in [1.807, 2.05) is 4.90 Å². The topological polar surface area (TPSA) is 93.0 Å². The molecular formula is C19H22FN3O5S. The summed E-state index contributed by atoms with van der Waals surface area (Å²) in [5.41, 5.74) is 0.217. The van der Waals surface area contributed by atoms with E-state index in [2.05, 4.69) is 0 Å². The van der Waals surface area contributed by atoms with E-state index < -0.39 is 20.8 Å². The minimum Gasteiger partial charge on any atom is -0.489 e. The fourth-order valence-electron chi connectivity index (χ4n) is 3.16. The zero-order chi connectivity index (χ0) is 21.0. The minimum absolute atomic E-state index is 0.0389. The highest BCUT2D eigenvalue weighted by Gasteiger charge is 2.30. The third-order valence-electron chi connectivity index (χ3n) is 4.83. The smallest absolute Gasteiger partial charge is 0.270 e. The second-order valence-electron chi connectivity index (χ2n) is 6.73. The molecule has 3 rings (SSSR count). The first-order valence-corrected chi connectivity index (χ1v) is 10.6. The van der Waals surface area contributed by atoms with Gasteiger partial charge in [-0.15, -0.1) is 0 Å². The summed E-state index contributed by atoms with van der Waals surface area (Å²) in [4.78, 5) is 12.4. The molecule has 2 aromatic rings. The molecule has 1 heterocycles. The lowest BCUT2D eigenvalue weighted by Crippen LogP contribution is -2.49. The van der Waals surface area contributed by atoms with Crippen molar-refractivity contribution in [1.82, 2.24) is 9.21 Å². The van der Waals surface area contributed by atoms with Crippen molar-refractivity contribution in [3.63, 3.8) is 0 Å². The van der Waals surface area contributed by atoms with Crippen molar-refractivity contribution >= 4 is 15.7 Å². The molecule has 0 atom stereocenters. The number of nitro benzene ring substituents is 1. The zero-order valence-corrected chi connectivity index (χ0v) is 16.8. The Labute approximate surface area is 168 Å². The van der Waals surface area contributed by atoms with Gasteiger partial charge in [0.05, 0.1) is 9.82 Å². The van der Waals surface area contributed by atoms with Crippen LogP contribution < -0.4 is 4.74 Å². The van der Waals surface area contributed by atoms with Gasteiger partial charge in [-0.1, -0.05) is 18.2 Å². The van der Waals surface area contributed by atoms with Crippen molar-refractivity contribution in [1.29, 1.82) is 0 Å². The summed E-state index contributed by atoms with van der Waals surface area (Å²) in [6.07, 6.45) is 0. The second-order valence-corrected chi connectivity index (χ2v) is 8.64. The van der Waals surface area contributed by atoms with Crippen LogP contribution in [0.15, 0.2) is 47.4 Å². The van der Waals surface area contributed by atoms with Crippen molar-refractivity contribution in [2.75, 3.05) is 39.3 Å². The van der Waals surface area contributed by atoms with Crippen molar-refractivity contribution in [2.24, 2.45) is 0 Å². The molecule has 0 bridgehead atoms. The van der Waals surface area contributed by atoms with Gasteiger partial charge in [0.15, 0.2) is 11.6 Å². The molecule has 0 saturated carbocycles. The highest BCUT2D eigenvalue weighted by Crippen LogP contribution is 2.25. The predicted molar refractivity (Wildman–Crippen MR) is 105 cm³/mol. The SMILES string of the molecule is Cc1ccc([N+](=O)[O-])cc1S(=O)(=O)N1CCN(CCOc2ccccc2F)CC1. The Kier molecular flexibility index (Phi) is 6.46. The van der Waals surface area contributed by atoms with Crippen LogP contribution in [0.3, 0.4) is 0 Å². The van der Waals surface area contributed by atoms with E-state index >= 15 is 0 Å². The number of hydrogen-bond acceptors (Lipinski definition) is 6. The minimum atomic E-state index is -3.82. The van der Waals surface area contributed by atoms with E-state index in [1.165, 1.54) is 22.5 Å². The normalized spacial score (nSPS) is 15.9. The summed E-state index contributed by atoms with van der Waals surface area (Å²) in [7, 11) is -3.82. The van der Waals surface area contributed by atoms with Crippen molar-refractivity contribution < 1.29 is 22.5 Å². The van der Waals surface area contributed by atoms with Crippen molar-refractivity contribution in [3.05, 3.63) is 64.0 Å². The number of benzene rings is 2. The molecule has 0 spiro atoms. The maximum absolute atomic E-state index is 13.6. The lowest BCUT2D eigenvalue weighted by Gasteiger charge is -2.34. The molecule has 0 amide bonds. The van der Waals surface area contributed by atoms with E-state index in [1.54, 1.807) is 25.1 Å². The summed E-state index contributed by atoms with van der Waals surface area (Å²) in [5.74, 6) is -0.231. The summed E-state index contributed by atoms with van der Waals surface area (Å²) in [6, 6.07) is 10.0. The standard InChI is InChI=1S/C19H22FN3O5S/c1-15-6-7-16(23(24)25)14-19(15)29(26,27)22-10-8-21(9-11-22)12-13-28-18-5-3-2-4-17(18)20/h2-7,14H,8-13H2,1H3. The summed E-state index contributed by atoms with van der Waals surface area (Å²) in [6.45, 7) is 3.97. The number of piperazine rings is 1. The lowest BCUT2D eigenvalue weighted by atomic mass is 10.2. The summed E-state index contributed by atoms with van der Waals surface area (Å²) in [5, 5.41) is 11.0. The highest BCUT2D eigenvalue weighted by molar-refractivity contribution is 7.89. The first kappa shape index (κ1) is 21.2. The van der Waals surface area contributed by atoms with Gasteiger partial charge in [-0.25, -0.2) is 12.8 Å². The Morgan fingerprint density at radius 1 is 1.14 bits per heavy atom. The Morgan fingerprint density at radius 3 is 2.48 bits per heavy atom. The molecule has 1 fully saturated rings. The van der Waals surface area contributed by atoms with Crippen LogP contribution in [-0.2, 0) is 10.0 Å². The molecule has 10 heteroatoms. The van der Waals surface area contributed by atoms with Crippen LogP contribution in [0.1, 0.15) is 5.56 Å². The molecule has 156 valence electrons. The fraction of sp³-hybridized carbons (Fsp3) is 0.368. The molecule has 2 aromatic carbocycles. The van der Waals surface area contributed by atoms with Crippen LogP contribution in [0.5, 0.6) is 5.75 Å². The van der Waals surface area contributed by atoms with Crippen LogP contribution in [-0.4, -0.2) is 61.9 Å². The van der Waals surface area contributed by atoms with Gasteiger partial charge in [-0.05, 0) is 24.6 Å². The average Bonchev–Trinajstić information content (AvgIpc) is 2.70. The Morgan fingerprint density at radius 2 is 1.83 bits per heavy atom. The maximum Gasteiger partial charge on any atom is 0.270 e. The summed E-state index contributed by atoms with van der Waals surface area (Å²) < 4.78 is 46.2. The van der Waals surface area contributed by atoms with E-state index in [0.29, 0.717) is 25.2 Å². The number of aryl methyl sites for hydroxylation is 1. The number of nitro groups is 1. The van der Waals surface area contributed by atoms with Crippen molar-refractivity contribution in [2.45, 2.75) is 11.8 Å². The molecule has 0 aliphatic carbocycles. The third-order valence-corrected chi connectivity index (χ3v) is 6.87. The number of sulfonamides is 1. The van der Waals surface area contributed by atoms with E-state index in [0.717, 1.165) is 6.07 Å². The number of halogens is 1. The van der Waals surface area contributed by atoms with E-state index in [4.69, 9.17) is 4.74 Å². The fourth-order valence-corrected chi connectivity index (χ4v) is 4.83. The number of non-ortho nitro benzene ring substituents is 1. The maximum atomic E-state index is 13.6. The quantitative estimate of drug-likeness (QED) is 0.502. The molecule has 29 heavy (non-hydrogen) atoms. The van der Waals surface area contributed by atoms with Gasteiger partial charge < -0.3 is 4.74 Å². The molecule has 0 radical (unpaired) electrons. The third kappa shape index (κ3) is 4.89. The van der Waals surface area contributed by atoms with Crippen LogP contribution in [0, 0.1) is 22.9 Å². The van der Waals surface area contributed by atoms with E-state index in [9.17, 15) is 22.9 Å². The number of nitrogens with zero attached hydrogens (tertiary/aromatic N) is 3. The van der Waals surface area contributed by atoms with Gasteiger partial charge >= 0.3 is 0 Å². The second kappa shape index (κ2) is 8.85. The monoisotopic (exact) mass is 423 g/mol. The van der Waals surface area contributed by atoms with Crippen LogP contribution >= 0.6 is 0 Å². The predicted octanol–water partition coefficient (Wildman–Crippen LogP) is 2.43. The van der Waals surface area contributed by atoms with Crippen LogP contribution in [0.4, 0.5) is 10.1 Å². The van der Waals surface area contributed by atoms with Gasteiger partial charge in [0.25, 0.3) is 5.69 Å². The Hall–Kier alpha value is -2.56. The van der Waals surface area contributed by atoms with Gasteiger partial charge in [0.1, 0.15) is 6.61 Å². The zero-order valence-electron chi connectivity index (χ0n) is 16.0. The van der Waals surface area contributed by atoms with Crippen LogP contribution in [0.2, 0.25) is 0 Å². The molecule has 0 unspecified atom stereocenters. The van der Waals surface area contributed by atoms with Crippen LogP contribution in [0.25, 0.3) is 0 Å². The molecule has 0 aromatic heterocycles. The molecule has 1 aliphatic rings. The number of hydrogen-bond donors (Lipinski definition) is 0. The Balaban J connectivity index is 1.58. The number of para-hydroxylation sites is 1. The van der Waals surface area contributed by atoms with Gasteiger partial charge in [0, 0.05) is 44.9 Å². The molecular weight excluding hydrogens is 401 g/mol. The number of ether oxygens (including phenoxy) is 1. The molecule has 1 aliphatic heterocycles. The highest BCUT2D eigenvalue weighted by atomic mass is 32.2. The van der Waals surface area contributed by atoms with Crippen molar-refractivity contribution in [3.8, 4) is 5.75 Å². The number of rotatable bonds is 7. The molecule has 0 N–H and O–H groups in total. The molecule has 8 nitrogen and oxygen atoms in total. The lowest BCUT2D eigenvalue weighted by molar-refractivity contribution is -0.385. The summed E-state index contributed by atoms with van der Waals surface area (Å²) >= 11 is 0. The first-order chi connectivity index (χ1) is 13.8. The average molecular weight is 423 g/mol. The molecule has 1 saturated heterocycles.